The summed E-state index contributed by atoms with van der Waals surface area (Å²) in [7, 11) is 0. The van der Waals surface area contributed by atoms with E-state index in [1.54, 1.807) is 29.2 Å². The Balaban J connectivity index is 1.48. The number of para-hydroxylation sites is 1. The fraction of sp³-hybridized carbons (Fsp3) is 0.286. The molecular formula is C21H21N3O4. The molecule has 2 heterocycles. The molecule has 1 atom stereocenters. The van der Waals surface area contributed by atoms with Crippen LogP contribution in [-0.2, 0) is 16.1 Å². The molecule has 1 saturated heterocycles. The molecule has 4 rings (SSSR count). The lowest BCUT2D eigenvalue weighted by atomic mass is 10.1. The topological polar surface area (TPSA) is 84.4 Å². The molecule has 144 valence electrons. The van der Waals surface area contributed by atoms with Gasteiger partial charge in [-0.2, -0.15) is 0 Å². The number of nitrogens with zero attached hydrogens (tertiary/aromatic N) is 2. The molecule has 0 aliphatic carbocycles. The van der Waals surface area contributed by atoms with Gasteiger partial charge < -0.3 is 9.64 Å². The maximum atomic E-state index is 12.7. The molecule has 0 radical (unpaired) electrons. The van der Waals surface area contributed by atoms with Crippen molar-refractivity contribution in [1.29, 1.82) is 0 Å². The fourth-order valence-corrected chi connectivity index (χ4v) is 3.58. The molecule has 1 amide bonds. The summed E-state index contributed by atoms with van der Waals surface area (Å²) in [6, 6.07) is 16.7. The van der Waals surface area contributed by atoms with Gasteiger partial charge in [0.05, 0.1) is 24.1 Å². The van der Waals surface area contributed by atoms with Crippen LogP contribution < -0.4 is 11.2 Å². The molecule has 1 fully saturated rings. The fourth-order valence-electron chi connectivity index (χ4n) is 3.58. The lowest BCUT2D eigenvalue weighted by molar-refractivity contribution is -0.139. The van der Waals surface area contributed by atoms with Crippen LogP contribution in [0.1, 0.15) is 18.1 Å². The first-order chi connectivity index (χ1) is 13.6. The second kappa shape index (κ2) is 7.82. The third kappa shape index (κ3) is 3.61. The number of H-pyrrole nitrogens is 1. The summed E-state index contributed by atoms with van der Waals surface area (Å²) in [4.78, 5) is 41.0. The van der Waals surface area contributed by atoms with Crippen molar-refractivity contribution < 1.29 is 9.53 Å². The second-order valence-corrected chi connectivity index (χ2v) is 6.79. The van der Waals surface area contributed by atoms with Gasteiger partial charge in [-0.15, -0.1) is 0 Å². The van der Waals surface area contributed by atoms with E-state index in [9.17, 15) is 14.4 Å². The molecule has 0 saturated carbocycles. The maximum Gasteiger partial charge on any atom is 0.328 e. The number of amides is 1. The summed E-state index contributed by atoms with van der Waals surface area (Å²) < 4.78 is 7.26. The number of benzene rings is 2. The Kier molecular flexibility index (Phi) is 5.08. The van der Waals surface area contributed by atoms with Gasteiger partial charge >= 0.3 is 5.69 Å². The molecule has 1 N–H and O–H groups in total. The first kappa shape index (κ1) is 18.2. The molecular weight excluding hydrogens is 358 g/mol. The zero-order chi connectivity index (χ0) is 19.5. The highest BCUT2D eigenvalue weighted by Gasteiger charge is 2.25. The van der Waals surface area contributed by atoms with E-state index in [-0.39, 0.29) is 25.0 Å². The number of carbonyl (C=O) groups is 1. The Hall–Kier alpha value is -3.19. The zero-order valence-corrected chi connectivity index (χ0v) is 15.3. The number of ether oxygens (including phenoxy) is 1. The lowest BCUT2D eigenvalue weighted by Crippen LogP contribution is -2.43. The number of nitrogens with one attached hydrogen (secondary N) is 1. The minimum Gasteiger partial charge on any atom is -0.370 e. The van der Waals surface area contributed by atoms with Crippen LogP contribution in [0.25, 0.3) is 10.9 Å². The summed E-state index contributed by atoms with van der Waals surface area (Å²) in [6.07, 6.45) is 0.0350. The normalized spacial score (nSPS) is 17.0. The van der Waals surface area contributed by atoms with Crippen LogP contribution in [0.3, 0.4) is 0 Å². The van der Waals surface area contributed by atoms with Crippen LogP contribution in [0.5, 0.6) is 0 Å². The number of aryl methyl sites for hydroxylation is 1. The summed E-state index contributed by atoms with van der Waals surface area (Å²) in [5.74, 6) is -0.0357. The van der Waals surface area contributed by atoms with Gasteiger partial charge in [0.15, 0.2) is 0 Å². The highest BCUT2D eigenvalue weighted by Crippen LogP contribution is 2.22. The smallest absolute Gasteiger partial charge is 0.328 e. The van der Waals surface area contributed by atoms with E-state index in [0.717, 1.165) is 5.56 Å². The number of hydrogen-bond acceptors (Lipinski definition) is 4. The van der Waals surface area contributed by atoms with Crippen molar-refractivity contribution in [3.63, 3.8) is 0 Å². The molecule has 28 heavy (non-hydrogen) atoms. The Morgan fingerprint density at radius 2 is 1.82 bits per heavy atom. The van der Waals surface area contributed by atoms with Gasteiger partial charge in [-0.05, 0) is 17.7 Å². The number of rotatable bonds is 4. The predicted molar refractivity (Wildman–Crippen MR) is 105 cm³/mol. The van der Waals surface area contributed by atoms with Gasteiger partial charge in [-0.25, -0.2) is 4.79 Å². The van der Waals surface area contributed by atoms with Crippen LogP contribution in [0.15, 0.2) is 64.2 Å². The van der Waals surface area contributed by atoms with E-state index in [0.29, 0.717) is 30.6 Å². The largest absolute Gasteiger partial charge is 0.370 e. The first-order valence-corrected chi connectivity index (χ1v) is 9.29. The highest BCUT2D eigenvalue weighted by molar-refractivity contribution is 5.79. The van der Waals surface area contributed by atoms with Crippen molar-refractivity contribution in [3.05, 3.63) is 81.0 Å². The predicted octanol–water partition coefficient (Wildman–Crippen LogP) is 1.68. The summed E-state index contributed by atoms with van der Waals surface area (Å²) in [5, 5.41) is 0.435. The molecule has 1 aliphatic heterocycles. The average Bonchev–Trinajstić information content (AvgIpc) is 2.74. The average molecular weight is 379 g/mol. The van der Waals surface area contributed by atoms with Crippen molar-refractivity contribution >= 4 is 16.8 Å². The number of fused-ring (bicyclic) bond motifs is 1. The van der Waals surface area contributed by atoms with E-state index in [4.69, 9.17) is 4.74 Å². The molecule has 7 nitrogen and oxygen atoms in total. The van der Waals surface area contributed by atoms with Crippen LogP contribution in [0.2, 0.25) is 0 Å². The number of hydrogen-bond donors (Lipinski definition) is 1. The molecule has 1 aromatic heterocycles. The Morgan fingerprint density at radius 3 is 2.64 bits per heavy atom. The van der Waals surface area contributed by atoms with E-state index in [1.807, 2.05) is 30.3 Å². The van der Waals surface area contributed by atoms with E-state index in [2.05, 4.69) is 4.98 Å². The summed E-state index contributed by atoms with van der Waals surface area (Å²) >= 11 is 0. The van der Waals surface area contributed by atoms with Crippen molar-refractivity contribution in [2.75, 3.05) is 19.7 Å². The molecule has 0 bridgehead atoms. The summed E-state index contributed by atoms with van der Waals surface area (Å²) in [5.41, 5.74) is 0.665. The van der Waals surface area contributed by atoms with Gasteiger partial charge in [0.25, 0.3) is 5.56 Å². The molecule has 1 aliphatic rings. The monoisotopic (exact) mass is 379 g/mol. The van der Waals surface area contributed by atoms with E-state index < -0.39 is 11.2 Å². The molecule has 2 aromatic carbocycles. The van der Waals surface area contributed by atoms with Gasteiger partial charge in [-0.1, -0.05) is 42.5 Å². The van der Waals surface area contributed by atoms with Crippen LogP contribution in [0, 0.1) is 0 Å². The van der Waals surface area contributed by atoms with Crippen molar-refractivity contribution in [2.24, 2.45) is 0 Å². The Morgan fingerprint density at radius 1 is 1.07 bits per heavy atom. The highest BCUT2D eigenvalue weighted by atomic mass is 16.5. The molecule has 7 heteroatoms. The van der Waals surface area contributed by atoms with Crippen molar-refractivity contribution in [3.8, 4) is 0 Å². The minimum absolute atomic E-state index is 0.0357. The third-order valence-corrected chi connectivity index (χ3v) is 5.04. The Labute approximate surface area is 161 Å². The van der Waals surface area contributed by atoms with Crippen LogP contribution in [-0.4, -0.2) is 40.1 Å². The first-order valence-electron chi connectivity index (χ1n) is 9.29. The van der Waals surface area contributed by atoms with E-state index >= 15 is 0 Å². The van der Waals surface area contributed by atoms with Crippen LogP contribution in [0.4, 0.5) is 0 Å². The van der Waals surface area contributed by atoms with Crippen LogP contribution >= 0.6 is 0 Å². The molecule has 3 aromatic rings. The number of carbonyl (C=O) groups excluding carboxylic acids is 1. The van der Waals surface area contributed by atoms with Gasteiger partial charge in [0.2, 0.25) is 5.91 Å². The standard InChI is InChI=1S/C21H21N3O4/c25-19(23-12-13-28-18(14-23)15-6-2-1-3-7-15)10-11-24-17-9-5-4-8-16(17)20(26)22-21(24)27/h1-9,18H,10-14H2,(H,22,26,27). The van der Waals surface area contributed by atoms with Gasteiger partial charge in [0.1, 0.15) is 6.10 Å². The SMILES string of the molecule is O=C(CCn1c(=O)[nH]c(=O)c2ccccc21)N1CCOC(c2ccccc2)C1. The molecule has 0 spiro atoms. The van der Waals surface area contributed by atoms with Gasteiger partial charge in [0, 0.05) is 19.5 Å². The van der Waals surface area contributed by atoms with Gasteiger partial charge in [-0.3, -0.25) is 19.1 Å². The summed E-state index contributed by atoms with van der Waals surface area (Å²) in [6.45, 7) is 1.71. The maximum absolute atomic E-state index is 12.7. The lowest BCUT2D eigenvalue weighted by Gasteiger charge is -2.33. The van der Waals surface area contributed by atoms with Crippen molar-refractivity contribution in [2.45, 2.75) is 19.1 Å². The third-order valence-electron chi connectivity index (χ3n) is 5.04. The van der Waals surface area contributed by atoms with Crippen molar-refractivity contribution in [1.82, 2.24) is 14.5 Å². The number of aromatic amines is 1. The quantitative estimate of drug-likeness (QED) is 0.748. The second-order valence-electron chi connectivity index (χ2n) is 6.79. The number of morpholine rings is 1. The zero-order valence-electron chi connectivity index (χ0n) is 15.3. The minimum atomic E-state index is -0.499. The number of aromatic nitrogens is 2. The Bertz CT molecular complexity index is 1100. The van der Waals surface area contributed by atoms with E-state index in [1.165, 1.54) is 4.57 Å². The molecule has 1 unspecified atom stereocenters.